The van der Waals surface area contributed by atoms with Gasteiger partial charge in [-0.3, -0.25) is 0 Å². The van der Waals surface area contributed by atoms with Crippen LogP contribution in [0.25, 0.3) is 0 Å². The lowest BCUT2D eigenvalue weighted by molar-refractivity contribution is 0.602. The molecule has 0 fully saturated rings. The molecule has 1 N–H and O–H groups in total. The van der Waals surface area contributed by atoms with E-state index in [4.69, 9.17) is 0 Å². The molecule has 3 rings (SSSR count). The fourth-order valence-corrected chi connectivity index (χ4v) is 4.74. The lowest BCUT2D eigenvalue weighted by Crippen LogP contribution is -1.91. The molecular weight excluding hydrogens is 361 g/mol. The summed E-state index contributed by atoms with van der Waals surface area (Å²) in [4.78, 5) is 0.692. The molecule has 0 aliphatic rings. The van der Waals surface area contributed by atoms with Crippen LogP contribution in [-0.4, -0.2) is 21.7 Å². The van der Waals surface area contributed by atoms with Crippen molar-refractivity contribution in [3.8, 4) is 0 Å². The predicted molar refractivity (Wildman–Crippen MR) is 102 cm³/mol. The van der Waals surface area contributed by atoms with E-state index in [0.29, 0.717) is 4.90 Å². The van der Waals surface area contributed by atoms with Gasteiger partial charge in [0.15, 0.2) is 4.34 Å². The Bertz CT molecular complexity index is 807. The summed E-state index contributed by atoms with van der Waals surface area (Å²) in [6.07, 6.45) is 0. The molecule has 2 aromatic carbocycles. The van der Waals surface area contributed by atoms with Crippen LogP contribution in [0.1, 0.15) is 5.56 Å². The highest BCUT2D eigenvalue weighted by Crippen LogP contribution is 2.30. The Labute approximate surface area is 153 Å². The third kappa shape index (κ3) is 4.72. The van der Waals surface area contributed by atoms with Crippen molar-refractivity contribution in [1.29, 1.82) is 0 Å². The Morgan fingerprint density at radius 2 is 1.75 bits per heavy atom. The van der Waals surface area contributed by atoms with Gasteiger partial charge in [0.05, 0.1) is 0 Å². The molecule has 3 nitrogen and oxygen atoms in total. The standard InChI is InChI=1S/C17H16FN3S3/c1-12-6-2-4-8-14(12)19-16-20-21-17(24-16)23-11-10-22-15-9-5-3-7-13(15)18/h2-9H,10-11H2,1H3,(H,19,20). The second kappa shape index (κ2) is 8.50. The molecule has 1 heterocycles. The number of rotatable bonds is 7. The molecule has 0 atom stereocenters. The zero-order chi connectivity index (χ0) is 16.8. The molecule has 0 spiro atoms. The highest BCUT2D eigenvalue weighted by Gasteiger charge is 2.07. The molecule has 0 unspecified atom stereocenters. The van der Waals surface area contributed by atoms with Crippen LogP contribution >= 0.6 is 34.9 Å². The highest BCUT2D eigenvalue weighted by atomic mass is 32.2. The number of aromatic nitrogens is 2. The maximum Gasteiger partial charge on any atom is 0.210 e. The van der Waals surface area contributed by atoms with Crippen LogP contribution in [0, 0.1) is 12.7 Å². The van der Waals surface area contributed by atoms with Crippen molar-refractivity contribution < 1.29 is 4.39 Å². The second-order valence-corrected chi connectivity index (χ2v) is 8.40. The summed E-state index contributed by atoms with van der Waals surface area (Å²) < 4.78 is 14.4. The quantitative estimate of drug-likeness (QED) is 0.428. The van der Waals surface area contributed by atoms with Crippen LogP contribution in [-0.2, 0) is 0 Å². The van der Waals surface area contributed by atoms with Gasteiger partial charge in [0.1, 0.15) is 5.82 Å². The molecular formula is C17H16FN3S3. The molecule has 0 saturated carbocycles. The topological polar surface area (TPSA) is 37.8 Å². The van der Waals surface area contributed by atoms with Crippen molar-refractivity contribution in [3.05, 3.63) is 59.9 Å². The van der Waals surface area contributed by atoms with Crippen molar-refractivity contribution in [3.63, 3.8) is 0 Å². The minimum absolute atomic E-state index is 0.159. The zero-order valence-corrected chi connectivity index (χ0v) is 15.5. The summed E-state index contributed by atoms with van der Waals surface area (Å²) in [7, 11) is 0. The summed E-state index contributed by atoms with van der Waals surface area (Å²) in [6.45, 7) is 2.05. The number of benzene rings is 2. The van der Waals surface area contributed by atoms with Gasteiger partial charge < -0.3 is 5.32 Å². The van der Waals surface area contributed by atoms with Crippen molar-refractivity contribution in [2.24, 2.45) is 0 Å². The second-order valence-electron chi connectivity index (χ2n) is 4.94. The molecule has 0 saturated heterocycles. The van der Waals surface area contributed by atoms with Crippen LogP contribution in [0.3, 0.4) is 0 Å². The minimum atomic E-state index is -0.159. The molecule has 24 heavy (non-hydrogen) atoms. The Balaban J connectivity index is 1.48. The van der Waals surface area contributed by atoms with Gasteiger partial charge in [0, 0.05) is 22.1 Å². The van der Waals surface area contributed by atoms with E-state index >= 15 is 0 Å². The number of thioether (sulfide) groups is 2. The van der Waals surface area contributed by atoms with Crippen molar-refractivity contribution in [1.82, 2.24) is 10.2 Å². The number of nitrogens with zero attached hydrogens (tertiary/aromatic N) is 2. The summed E-state index contributed by atoms with van der Waals surface area (Å²) >= 11 is 4.70. The number of nitrogens with one attached hydrogen (secondary N) is 1. The number of hydrogen-bond donors (Lipinski definition) is 1. The normalized spacial score (nSPS) is 10.8. The summed E-state index contributed by atoms with van der Waals surface area (Å²) in [5.41, 5.74) is 2.21. The Morgan fingerprint density at radius 1 is 1.00 bits per heavy atom. The monoisotopic (exact) mass is 377 g/mol. The van der Waals surface area contributed by atoms with Gasteiger partial charge in [-0.25, -0.2) is 4.39 Å². The molecule has 0 amide bonds. The molecule has 0 aliphatic carbocycles. The van der Waals surface area contributed by atoms with E-state index in [2.05, 4.69) is 28.5 Å². The Morgan fingerprint density at radius 3 is 2.58 bits per heavy atom. The lowest BCUT2D eigenvalue weighted by atomic mass is 10.2. The molecule has 7 heteroatoms. The molecule has 0 bridgehead atoms. The van der Waals surface area contributed by atoms with Gasteiger partial charge in [-0.05, 0) is 30.7 Å². The first-order chi connectivity index (χ1) is 11.7. The molecule has 124 valence electrons. The van der Waals surface area contributed by atoms with Gasteiger partial charge in [-0.15, -0.1) is 22.0 Å². The largest absolute Gasteiger partial charge is 0.330 e. The lowest BCUT2D eigenvalue weighted by Gasteiger charge is -2.04. The maximum atomic E-state index is 13.5. The smallest absolute Gasteiger partial charge is 0.210 e. The first kappa shape index (κ1) is 17.3. The Hall–Kier alpha value is -1.57. The first-order valence-corrected chi connectivity index (χ1v) is 10.2. The van der Waals surface area contributed by atoms with Crippen LogP contribution in [0.4, 0.5) is 15.2 Å². The molecule has 0 aliphatic heterocycles. The van der Waals surface area contributed by atoms with E-state index in [0.717, 1.165) is 26.7 Å². The molecule has 1 aromatic heterocycles. The molecule has 0 radical (unpaired) electrons. The summed E-state index contributed by atoms with van der Waals surface area (Å²) in [5.74, 6) is 1.53. The number of hydrogen-bond acceptors (Lipinski definition) is 6. The van der Waals surface area contributed by atoms with Gasteiger partial charge in [-0.2, -0.15) is 0 Å². The zero-order valence-electron chi connectivity index (χ0n) is 13.0. The van der Waals surface area contributed by atoms with Crippen LogP contribution < -0.4 is 5.32 Å². The van der Waals surface area contributed by atoms with Gasteiger partial charge in [-0.1, -0.05) is 53.4 Å². The van der Waals surface area contributed by atoms with E-state index in [-0.39, 0.29) is 5.82 Å². The number of para-hydroxylation sites is 1. The third-order valence-corrected chi connectivity index (χ3v) is 6.48. The fourth-order valence-electron chi connectivity index (χ4n) is 1.99. The maximum absolute atomic E-state index is 13.5. The minimum Gasteiger partial charge on any atom is -0.330 e. The predicted octanol–water partition coefficient (Wildman–Crippen LogP) is 5.61. The summed E-state index contributed by atoms with van der Waals surface area (Å²) in [6, 6.07) is 14.9. The highest BCUT2D eigenvalue weighted by molar-refractivity contribution is 8.03. The van der Waals surface area contributed by atoms with Crippen LogP contribution in [0.15, 0.2) is 57.8 Å². The van der Waals surface area contributed by atoms with Gasteiger partial charge in [0.25, 0.3) is 0 Å². The molecule has 3 aromatic rings. The summed E-state index contributed by atoms with van der Waals surface area (Å²) in [5, 5.41) is 12.4. The van der Waals surface area contributed by atoms with E-state index in [1.54, 1.807) is 23.9 Å². The first-order valence-electron chi connectivity index (χ1n) is 7.38. The Kier molecular flexibility index (Phi) is 6.12. The van der Waals surface area contributed by atoms with E-state index in [1.807, 2.05) is 24.3 Å². The number of anilines is 2. The third-order valence-electron chi connectivity index (χ3n) is 3.20. The van der Waals surface area contributed by atoms with E-state index in [9.17, 15) is 4.39 Å². The average molecular weight is 378 g/mol. The number of halogens is 1. The van der Waals surface area contributed by atoms with Gasteiger partial charge in [0.2, 0.25) is 5.13 Å². The average Bonchev–Trinajstić information content (AvgIpc) is 3.03. The van der Waals surface area contributed by atoms with Crippen molar-refractivity contribution in [2.45, 2.75) is 16.2 Å². The van der Waals surface area contributed by atoms with Crippen molar-refractivity contribution >= 4 is 45.7 Å². The van der Waals surface area contributed by atoms with Crippen LogP contribution in [0.2, 0.25) is 0 Å². The number of aryl methyl sites for hydroxylation is 1. The van der Waals surface area contributed by atoms with Crippen molar-refractivity contribution in [2.75, 3.05) is 16.8 Å². The fraction of sp³-hybridized carbons (Fsp3) is 0.176. The van der Waals surface area contributed by atoms with Crippen LogP contribution in [0.5, 0.6) is 0 Å². The van der Waals surface area contributed by atoms with E-state index in [1.165, 1.54) is 34.7 Å². The SMILES string of the molecule is Cc1ccccc1Nc1nnc(SCCSc2ccccc2F)s1. The van der Waals surface area contributed by atoms with Gasteiger partial charge >= 0.3 is 0 Å². The van der Waals surface area contributed by atoms with E-state index < -0.39 is 0 Å².